The zero-order valence-corrected chi connectivity index (χ0v) is 6.30. The molecular formula is C6H16N2O2. The molecule has 0 aromatic heterocycles. The van der Waals surface area contributed by atoms with Crippen LogP contribution in [-0.4, -0.2) is 42.7 Å². The summed E-state index contributed by atoms with van der Waals surface area (Å²) in [4.78, 5) is 0. The van der Waals surface area contributed by atoms with Crippen molar-refractivity contribution in [1.29, 1.82) is 0 Å². The summed E-state index contributed by atoms with van der Waals surface area (Å²) in [5.74, 6) is 0. The average molecular weight is 148 g/mol. The van der Waals surface area contributed by atoms with Gasteiger partial charge < -0.3 is 15.5 Å². The first-order chi connectivity index (χ1) is 4.85. The summed E-state index contributed by atoms with van der Waals surface area (Å²) in [7, 11) is 0. The van der Waals surface area contributed by atoms with Crippen molar-refractivity contribution in [3.8, 4) is 0 Å². The number of rotatable bonds is 6. The molecule has 62 valence electrons. The SMILES string of the molecule is CCNC(CO)NCCO. The van der Waals surface area contributed by atoms with E-state index in [1.807, 2.05) is 6.92 Å². The van der Waals surface area contributed by atoms with Gasteiger partial charge in [-0.15, -0.1) is 0 Å². The van der Waals surface area contributed by atoms with Crippen LogP contribution in [0.25, 0.3) is 0 Å². The maximum absolute atomic E-state index is 8.68. The summed E-state index contributed by atoms with van der Waals surface area (Å²) >= 11 is 0. The van der Waals surface area contributed by atoms with E-state index in [4.69, 9.17) is 10.2 Å². The van der Waals surface area contributed by atoms with Gasteiger partial charge in [0.1, 0.15) is 0 Å². The zero-order chi connectivity index (χ0) is 7.82. The zero-order valence-electron chi connectivity index (χ0n) is 6.30. The van der Waals surface area contributed by atoms with Crippen LogP contribution in [0, 0.1) is 0 Å². The van der Waals surface area contributed by atoms with Crippen LogP contribution in [0.4, 0.5) is 0 Å². The molecule has 0 bridgehead atoms. The third kappa shape index (κ3) is 4.69. The van der Waals surface area contributed by atoms with Gasteiger partial charge in [-0.25, -0.2) is 0 Å². The third-order valence-electron chi connectivity index (χ3n) is 1.14. The Balaban J connectivity index is 3.21. The number of aliphatic hydroxyl groups excluding tert-OH is 2. The van der Waals surface area contributed by atoms with Crippen LogP contribution in [-0.2, 0) is 0 Å². The van der Waals surface area contributed by atoms with Gasteiger partial charge in [0.2, 0.25) is 0 Å². The summed E-state index contributed by atoms with van der Waals surface area (Å²) < 4.78 is 0. The maximum atomic E-state index is 8.68. The molecule has 4 nitrogen and oxygen atoms in total. The molecule has 0 heterocycles. The lowest BCUT2D eigenvalue weighted by Gasteiger charge is -2.15. The molecule has 0 rings (SSSR count). The van der Waals surface area contributed by atoms with E-state index in [1.54, 1.807) is 0 Å². The lowest BCUT2D eigenvalue weighted by Crippen LogP contribution is -2.45. The summed E-state index contributed by atoms with van der Waals surface area (Å²) in [6, 6.07) is 0. The lowest BCUT2D eigenvalue weighted by molar-refractivity contribution is 0.207. The standard InChI is InChI=1S/C6H16N2O2/c1-2-7-6(5-10)8-3-4-9/h6-10H,2-5H2,1H3. The van der Waals surface area contributed by atoms with Crippen molar-refractivity contribution < 1.29 is 10.2 Å². The average Bonchev–Trinajstić information content (AvgIpc) is 1.98. The Bertz CT molecular complexity index is 70.8. The second kappa shape index (κ2) is 6.95. The van der Waals surface area contributed by atoms with Crippen LogP contribution in [0.1, 0.15) is 6.92 Å². The molecule has 0 aliphatic rings. The molecule has 0 amide bonds. The summed E-state index contributed by atoms with van der Waals surface area (Å²) in [5, 5.41) is 23.0. The second-order valence-corrected chi connectivity index (χ2v) is 1.97. The normalized spacial score (nSPS) is 13.5. The Kier molecular flexibility index (Phi) is 6.84. The molecule has 0 spiro atoms. The van der Waals surface area contributed by atoms with Gasteiger partial charge in [0.15, 0.2) is 0 Å². The molecule has 10 heavy (non-hydrogen) atoms. The Labute approximate surface area is 61.3 Å². The molecule has 0 radical (unpaired) electrons. The molecule has 0 saturated carbocycles. The monoisotopic (exact) mass is 148 g/mol. The lowest BCUT2D eigenvalue weighted by atomic mass is 10.5. The van der Waals surface area contributed by atoms with E-state index in [2.05, 4.69) is 10.6 Å². The number of aliphatic hydroxyl groups is 2. The highest BCUT2D eigenvalue weighted by Gasteiger charge is 2.00. The first kappa shape index (κ1) is 9.84. The topological polar surface area (TPSA) is 64.5 Å². The largest absolute Gasteiger partial charge is 0.395 e. The van der Waals surface area contributed by atoms with E-state index in [-0.39, 0.29) is 19.4 Å². The highest BCUT2D eigenvalue weighted by atomic mass is 16.3. The minimum atomic E-state index is -0.0860. The van der Waals surface area contributed by atoms with Crippen LogP contribution in [0.3, 0.4) is 0 Å². The van der Waals surface area contributed by atoms with Crippen LogP contribution in [0.2, 0.25) is 0 Å². The number of likely N-dealkylation sites (N-methyl/N-ethyl adjacent to an activating group) is 1. The van der Waals surface area contributed by atoms with Gasteiger partial charge in [-0.1, -0.05) is 6.92 Å². The van der Waals surface area contributed by atoms with Crippen molar-refractivity contribution in [3.05, 3.63) is 0 Å². The molecule has 0 saturated heterocycles. The molecule has 1 unspecified atom stereocenters. The third-order valence-corrected chi connectivity index (χ3v) is 1.14. The van der Waals surface area contributed by atoms with Crippen LogP contribution in [0.15, 0.2) is 0 Å². The fraction of sp³-hybridized carbons (Fsp3) is 1.00. The Morgan fingerprint density at radius 2 is 2.00 bits per heavy atom. The molecule has 4 N–H and O–H groups in total. The molecular weight excluding hydrogens is 132 g/mol. The van der Waals surface area contributed by atoms with Crippen LogP contribution >= 0.6 is 0 Å². The quantitative estimate of drug-likeness (QED) is 0.346. The molecule has 0 aliphatic heterocycles. The molecule has 4 heteroatoms. The van der Waals surface area contributed by atoms with E-state index >= 15 is 0 Å². The van der Waals surface area contributed by atoms with Crippen molar-refractivity contribution >= 4 is 0 Å². The maximum Gasteiger partial charge on any atom is 0.0811 e. The Morgan fingerprint density at radius 1 is 1.30 bits per heavy atom. The molecule has 1 atom stereocenters. The molecule has 0 aromatic rings. The summed E-state index contributed by atoms with van der Waals surface area (Å²) in [6.07, 6.45) is -0.0860. The van der Waals surface area contributed by atoms with E-state index in [0.717, 1.165) is 6.54 Å². The van der Waals surface area contributed by atoms with Crippen molar-refractivity contribution in [2.75, 3.05) is 26.3 Å². The minimum absolute atomic E-state index is 0.0494. The van der Waals surface area contributed by atoms with Gasteiger partial charge in [-0.2, -0.15) is 0 Å². The van der Waals surface area contributed by atoms with E-state index < -0.39 is 0 Å². The summed E-state index contributed by atoms with van der Waals surface area (Å²) in [6.45, 7) is 3.43. The van der Waals surface area contributed by atoms with Crippen LogP contribution in [0.5, 0.6) is 0 Å². The molecule has 0 aliphatic carbocycles. The number of hydrogen-bond acceptors (Lipinski definition) is 4. The molecule has 0 fully saturated rings. The number of hydrogen-bond donors (Lipinski definition) is 4. The van der Waals surface area contributed by atoms with E-state index in [0.29, 0.717) is 6.54 Å². The summed E-state index contributed by atoms with van der Waals surface area (Å²) in [5.41, 5.74) is 0. The smallest absolute Gasteiger partial charge is 0.0811 e. The minimum Gasteiger partial charge on any atom is -0.395 e. The van der Waals surface area contributed by atoms with Gasteiger partial charge in [-0.3, -0.25) is 5.32 Å². The van der Waals surface area contributed by atoms with Gasteiger partial charge >= 0.3 is 0 Å². The highest BCUT2D eigenvalue weighted by Crippen LogP contribution is 1.73. The predicted molar refractivity (Wildman–Crippen MR) is 39.6 cm³/mol. The second-order valence-electron chi connectivity index (χ2n) is 1.97. The first-order valence-corrected chi connectivity index (χ1v) is 3.53. The first-order valence-electron chi connectivity index (χ1n) is 3.53. The van der Waals surface area contributed by atoms with Crippen molar-refractivity contribution in [2.45, 2.75) is 13.1 Å². The molecule has 0 aromatic carbocycles. The fourth-order valence-electron chi connectivity index (χ4n) is 0.686. The van der Waals surface area contributed by atoms with Crippen molar-refractivity contribution in [3.63, 3.8) is 0 Å². The van der Waals surface area contributed by atoms with Crippen molar-refractivity contribution in [1.82, 2.24) is 10.6 Å². The van der Waals surface area contributed by atoms with E-state index in [9.17, 15) is 0 Å². The van der Waals surface area contributed by atoms with E-state index in [1.165, 1.54) is 0 Å². The Hall–Kier alpha value is -0.160. The van der Waals surface area contributed by atoms with Gasteiger partial charge in [0, 0.05) is 6.54 Å². The van der Waals surface area contributed by atoms with Crippen molar-refractivity contribution in [2.24, 2.45) is 0 Å². The fourth-order valence-corrected chi connectivity index (χ4v) is 0.686. The van der Waals surface area contributed by atoms with Crippen LogP contribution < -0.4 is 10.6 Å². The van der Waals surface area contributed by atoms with Gasteiger partial charge in [-0.05, 0) is 6.54 Å². The van der Waals surface area contributed by atoms with Gasteiger partial charge in [0.25, 0.3) is 0 Å². The number of nitrogens with one attached hydrogen (secondary N) is 2. The highest BCUT2D eigenvalue weighted by molar-refractivity contribution is 4.60. The van der Waals surface area contributed by atoms with Gasteiger partial charge in [0.05, 0.1) is 19.4 Å². The predicted octanol–water partition coefficient (Wildman–Crippen LogP) is -1.50. The Morgan fingerprint density at radius 3 is 2.40 bits per heavy atom.